The predicted molar refractivity (Wildman–Crippen MR) is 39.8 cm³/mol. The van der Waals surface area contributed by atoms with Crippen molar-refractivity contribution in [1.29, 1.82) is 0 Å². The number of rotatable bonds is 3. The summed E-state index contributed by atoms with van der Waals surface area (Å²) in [6.45, 7) is 4.79. The Labute approximate surface area is 61.5 Å². The first-order valence-corrected chi connectivity index (χ1v) is 3.63. The number of epoxide rings is 1. The molecule has 0 amide bonds. The first-order chi connectivity index (χ1) is 4.70. The van der Waals surface area contributed by atoms with Gasteiger partial charge in [-0.1, -0.05) is 11.6 Å². The van der Waals surface area contributed by atoms with E-state index in [-0.39, 0.29) is 12.2 Å². The highest BCUT2D eigenvalue weighted by Gasteiger charge is 2.30. The van der Waals surface area contributed by atoms with Crippen LogP contribution >= 0.6 is 0 Å². The lowest BCUT2D eigenvalue weighted by Crippen LogP contribution is -2.12. The molecule has 0 radical (unpaired) electrons. The van der Waals surface area contributed by atoms with Crippen LogP contribution in [0, 0.1) is 0 Å². The second-order valence-corrected chi connectivity index (χ2v) is 2.96. The molecule has 1 aliphatic heterocycles. The predicted octanol–water partition coefficient (Wildman–Crippen LogP) is 1.10. The van der Waals surface area contributed by atoms with E-state index in [9.17, 15) is 5.11 Å². The Balaban J connectivity index is 2.17. The molecule has 0 bridgehead atoms. The molecular formula is C8H14O2. The maximum atomic E-state index is 9.27. The molecule has 0 aromatic heterocycles. The van der Waals surface area contributed by atoms with Gasteiger partial charge in [-0.3, -0.25) is 0 Å². The SMILES string of the molecule is CC(C)=CCC(O)C1CO1. The summed E-state index contributed by atoms with van der Waals surface area (Å²) in [5, 5.41) is 9.27. The minimum Gasteiger partial charge on any atom is -0.390 e. The van der Waals surface area contributed by atoms with Gasteiger partial charge in [-0.15, -0.1) is 0 Å². The van der Waals surface area contributed by atoms with Crippen LogP contribution in [0.25, 0.3) is 0 Å². The molecule has 1 aliphatic rings. The molecule has 1 fully saturated rings. The topological polar surface area (TPSA) is 32.8 Å². The molecule has 1 rings (SSSR count). The van der Waals surface area contributed by atoms with Crippen LogP contribution in [0.2, 0.25) is 0 Å². The number of aliphatic hydroxyl groups is 1. The highest BCUT2D eigenvalue weighted by atomic mass is 16.6. The Hall–Kier alpha value is -0.340. The van der Waals surface area contributed by atoms with Gasteiger partial charge in [-0.2, -0.15) is 0 Å². The van der Waals surface area contributed by atoms with E-state index in [4.69, 9.17) is 4.74 Å². The first-order valence-electron chi connectivity index (χ1n) is 3.63. The third-order valence-corrected chi connectivity index (χ3v) is 1.56. The van der Waals surface area contributed by atoms with Gasteiger partial charge in [0.2, 0.25) is 0 Å². The average Bonchev–Trinajstić information content (AvgIpc) is 2.63. The van der Waals surface area contributed by atoms with Crippen LogP contribution in [0.15, 0.2) is 11.6 Å². The van der Waals surface area contributed by atoms with Gasteiger partial charge in [0.15, 0.2) is 0 Å². The van der Waals surface area contributed by atoms with Crippen molar-refractivity contribution in [3.63, 3.8) is 0 Å². The zero-order valence-electron chi connectivity index (χ0n) is 6.50. The van der Waals surface area contributed by atoms with Gasteiger partial charge in [0.1, 0.15) is 6.10 Å². The molecule has 2 atom stereocenters. The Morgan fingerprint density at radius 3 is 2.80 bits per heavy atom. The van der Waals surface area contributed by atoms with E-state index in [1.54, 1.807) is 0 Å². The maximum Gasteiger partial charge on any atom is 0.107 e. The Kier molecular flexibility index (Phi) is 2.46. The van der Waals surface area contributed by atoms with E-state index < -0.39 is 0 Å². The highest BCUT2D eigenvalue weighted by molar-refractivity contribution is 4.96. The summed E-state index contributed by atoms with van der Waals surface area (Å²) in [4.78, 5) is 0. The van der Waals surface area contributed by atoms with Gasteiger partial charge in [0.05, 0.1) is 12.7 Å². The molecule has 2 nitrogen and oxygen atoms in total. The van der Waals surface area contributed by atoms with Gasteiger partial charge in [-0.05, 0) is 20.3 Å². The maximum absolute atomic E-state index is 9.27. The molecule has 1 heterocycles. The molecular weight excluding hydrogens is 128 g/mol. The van der Waals surface area contributed by atoms with Crippen molar-refractivity contribution in [2.75, 3.05) is 6.61 Å². The fourth-order valence-corrected chi connectivity index (χ4v) is 0.786. The smallest absolute Gasteiger partial charge is 0.107 e. The highest BCUT2D eigenvalue weighted by Crippen LogP contribution is 2.16. The van der Waals surface area contributed by atoms with E-state index in [2.05, 4.69) is 0 Å². The summed E-state index contributed by atoms with van der Waals surface area (Å²) in [5.74, 6) is 0. The van der Waals surface area contributed by atoms with Crippen LogP contribution in [0.3, 0.4) is 0 Å². The Bertz CT molecular complexity index is 132. The minimum absolute atomic E-state index is 0.121. The van der Waals surface area contributed by atoms with Crippen LogP contribution in [0.1, 0.15) is 20.3 Å². The van der Waals surface area contributed by atoms with Crippen molar-refractivity contribution in [3.8, 4) is 0 Å². The van der Waals surface area contributed by atoms with Gasteiger partial charge in [-0.25, -0.2) is 0 Å². The number of hydrogen-bond donors (Lipinski definition) is 1. The van der Waals surface area contributed by atoms with Crippen molar-refractivity contribution in [2.45, 2.75) is 32.5 Å². The van der Waals surface area contributed by atoms with Crippen LogP contribution < -0.4 is 0 Å². The van der Waals surface area contributed by atoms with E-state index in [1.165, 1.54) is 5.57 Å². The molecule has 1 N–H and O–H groups in total. The van der Waals surface area contributed by atoms with E-state index in [1.807, 2.05) is 19.9 Å². The fraction of sp³-hybridized carbons (Fsp3) is 0.750. The van der Waals surface area contributed by atoms with Crippen molar-refractivity contribution in [2.24, 2.45) is 0 Å². The fourth-order valence-electron chi connectivity index (χ4n) is 0.786. The lowest BCUT2D eigenvalue weighted by atomic mass is 10.1. The normalized spacial score (nSPS) is 25.7. The molecule has 2 unspecified atom stereocenters. The summed E-state index contributed by atoms with van der Waals surface area (Å²) < 4.78 is 4.92. The van der Waals surface area contributed by atoms with Crippen LogP contribution in [0.5, 0.6) is 0 Å². The molecule has 2 heteroatoms. The minimum atomic E-state index is -0.283. The molecule has 1 saturated heterocycles. The van der Waals surface area contributed by atoms with Crippen molar-refractivity contribution >= 4 is 0 Å². The summed E-state index contributed by atoms with van der Waals surface area (Å²) in [6.07, 6.45) is 2.60. The summed E-state index contributed by atoms with van der Waals surface area (Å²) in [7, 11) is 0. The molecule has 0 aromatic rings. The van der Waals surface area contributed by atoms with Crippen molar-refractivity contribution in [1.82, 2.24) is 0 Å². The van der Waals surface area contributed by atoms with Gasteiger partial charge >= 0.3 is 0 Å². The number of ether oxygens (including phenoxy) is 1. The molecule has 0 aliphatic carbocycles. The zero-order chi connectivity index (χ0) is 7.56. The van der Waals surface area contributed by atoms with Crippen LogP contribution in [0.4, 0.5) is 0 Å². The summed E-state index contributed by atoms with van der Waals surface area (Å²) in [6, 6.07) is 0. The molecule has 10 heavy (non-hydrogen) atoms. The van der Waals surface area contributed by atoms with Crippen molar-refractivity contribution in [3.05, 3.63) is 11.6 Å². The number of allylic oxidation sites excluding steroid dienone is 1. The third kappa shape index (κ3) is 2.50. The number of hydrogen-bond acceptors (Lipinski definition) is 2. The summed E-state index contributed by atoms with van der Waals surface area (Å²) in [5.41, 5.74) is 1.25. The third-order valence-electron chi connectivity index (χ3n) is 1.56. The standard InChI is InChI=1S/C8H14O2/c1-6(2)3-4-7(9)8-5-10-8/h3,7-9H,4-5H2,1-2H3. The second kappa shape index (κ2) is 3.17. The molecule has 0 spiro atoms. The first kappa shape index (κ1) is 7.76. The Morgan fingerprint density at radius 1 is 1.80 bits per heavy atom. The molecule has 0 aromatic carbocycles. The van der Waals surface area contributed by atoms with E-state index >= 15 is 0 Å². The largest absolute Gasteiger partial charge is 0.390 e. The van der Waals surface area contributed by atoms with Crippen LogP contribution in [-0.2, 0) is 4.74 Å². The monoisotopic (exact) mass is 142 g/mol. The molecule has 58 valence electrons. The lowest BCUT2D eigenvalue weighted by Gasteiger charge is -2.01. The lowest BCUT2D eigenvalue weighted by molar-refractivity contribution is 0.138. The summed E-state index contributed by atoms with van der Waals surface area (Å²) >= 11 is 0. The van der Waals surface area contributed by atoms with Crippen LogP contribution in [-0.4, -0.2) is 23.9 Å². The zero-order valence-corrected chi connectivity index (χ0v) is 6.50. The Morgan fingerprint density at radius 2 is 2.40 bits per heavy atom. The average molecular weight is 142 g/mol. The van der Waals surface area contributed by atoms with Gasteiger partial charge in [0.25, 0.3) is 0 Å². The quantitative estimate of drug-likeness (QED) is 0.473. The van der Waals surface area contributed by atoms with E-state index in [0.717, 1.165) is 13.0 Å². The van der Waals surface area contributed by atoms with Gasteiger partial charge < -0.3 is 9.84 Å². The van der Waals surface area contributed by atoms with Crippen molar-refractivity contribution < 1.29 is 9.84 Å². The van der Waals surface area contributed by atoms with Gasteiger partial charge in [0, 0.05) is 0 Å². The van der Waals surface area contributed by atoms with E-state index in [0.29, 0.717) is 0 Å². The second-order valence-electron chi connectivity index (χ2n) is 2.96. The number of aliphatic hydroxyl groups excluding tert-OH is 1. The molecule has 0 saturated carbocycles.